The molecule has 0 aromatic rings. The predicted molar refractivity (Wildman–Crippen MR) is 182 cm³/mol. The van der Waals surface area contributed by atoms with Gasteiger partial charge in [-0.25, -0.2) is 0 Å². The van der Waals surface area contributed by atoms with E-state index in [1.807, 2.05) is 13.8 Å². The van der Waals surface area contributed by atoms with Crippen LogP contribution in [-0.4, -0.2) is 161 Å². The van der Waals surface area contributed by atoms with Crippen LogP contribution in [0.3, 0.4) is 0 Å². The first-order valence-electron chi connectivity index (χ1n) is 18.0. The second-order valence-corrected chi connectivity index (χ2v) is 13.4. The number of hydrogen-bond donors (Lipinski definition) is 0. The Balaban J connectivity index is 1.73. The average Bonchev–Trinajstić information content (AvgIpc) is 3.06. The van der Waals surface area contributed by atoms with Crippen molar-refractivity contribution in [2.45, 2.75) is 109 Å². The van der Waals surface area contributed by atoms with E-state index in [2.05, 4.69) is 33.7 Å². The van der Waals surface area contributed by atoms with Crippen molar-refractivity contribution >= 4 is 23.9 Å². The van der Waals surface area contributed by atoms with Gasteiger partial charge in [0, 0.05) is 51.8 Å². The summed E-state index contributed by atoms with van der Waals surface area (Å²) in [5.41, 5.74) is 0. The summed E-state index contributed by atoms with van der Waals surface area (Å²) in [4.78, 5) is 58.9. The molecule has 13 heteroatoms. The number of nitrogens with zero attached hydrogens (tertiary/aromatic N) is 4. The Morgan fingerprint density at radius 2 is 1.02 bits per heavy atom. The van der Waals surface area contributed by atoms with Crippen LogP contribution in [-0.2, 0) is 42.9 Å². The molecule has 0 bridgehead atoms. The third-order valence-electron chi connectivity index (χ3n) is 9.40. The van der Waals surface area contributed by atoms with Crippen molar-refractivity contribution in [3.05, 3.63) is 0 Å². The number of likely N-dealkylation sites (tertiary alicyclic amines) is 2. The zero-order valence-electron chi connectivity index (χ0n) is 30.6. The molecule has 48 heavy (non-hydrogen) atoms. The number of carbonyl (C=O) groups excluding carboxylic acids is 4. The molecule has 0 spiro atoms. The zero-order valence-corrected chi connectivity index (χ0v) is 30.6. The van der Waals surface area contributed by atoms with Crippen molar-refractivity contribution in [1.82, 2.24) is 19.6 Å². The molecular weight excluding hydrogens is 620 g/mol. The highest BCUT2D eigenvalue weighted by molar-refractivity contribution is 5.71. The number of piperidine rings is 2. The smallest absolute Gasteiger partial charge is 0.307 e. The SMILES string of the molecule is CCC(C)OC(=O)CCN(CCC(=O)OCCC(C)OC(=O)CCN(CCC(=O)OCCOC)C1CCN(C)CC1)C1CCN(C)CC1. The van der Waals surface area contributed by atoms with Gasteiger partial charge in [0.1, 0.15) is 12.7 Å². The van der Waals surface area contributed by atoms with Gasteiger partial charge in [-0.05, 0) is 86.2 Å². The minimum atomic E-state index is -0.398. The fourth-order valence-electron chi connectivity index (χ4n) is 6.04. The van der Waals surface area contributed by atoms with Crippen molar-refractivity contribution in [2.75, 3.05) is 93.4 Å². The van der Waals surface area contributed by atoms with Crippen molar-refractivity contribution in [1.29, 1.82) is 0 Å². The van der Waals surface area contributed by atoms with E-state index in [1.165, 1.54) is 0 Å². The fourth-order valence-corrected chi connectivity index (χ4v) is 6.04. The topological polar surface area (TPSA) is 127 Å². The predicted octanol–water partition coefficient (Wildman–Crippen LogP) is 2.74. The van der Waals surface area contributed by atoms with Gasteiger partial charge >= 0.3 is 23.9 Å². The van der Waals surface area contributed by atoms with Gasteiger partial charge in [0.15, 0.2) is 0 Å². The maximum Gasteiger partial charge on any atom is 0.307 e. The van der Waals surface area contributed by atoms with Gasteiger partial charge < -0.3 is 33.5 Å². The molecule has 278 valence electrons. The Kier molecular flexibility index (Phi) is 20.9. The van der Waals surface area contributed by atoms with Gasteiger partial charge in [0.25, 0.3) is 0 Å². The first-order valence-corrected chi connectivity index (χ1v) is 18.0. The summed E-state index contributed by atoms with van der Waals surface area (Å²) in [5, 5.41) is 0. The minimum absolute atomic E-state index is 0.0985. The maximum atomic E-state index is 12.7. The molecule has 2 aliphatic rings. The summed E-state index contributed by atoms with van der Waals surface area (Å²) in [6, 6.07) is 0.612. The molecule has 2 aliphatic heterocycles. The van der Waals surface area contributed by atoms with Crippen molar-refractivity contribution in [3.63, 3.8) is 0 Å². The first-order chi connectivity index (χ1) is 23.0. The summed E-state index contributed by atoms with van der Waals surface area (Å²) in [6.45, 7) is 12.5. The van der Waals surface area contributed by atoms with E-state index in [0.717, 1.165) is 58.3 Å². The fraction of sp³-hybridized carbons (Fsp3) is 0.886. The zero-order chi connectivity index (χ0) is 35.3. The van der Waals surface area contributed by atoms with E-state index in [0.29, 0.717) is 57.7 Å². The Morgan fingerprint density at radius 1 is 0.625 bits per heavy atom. The lowest BCUT2D eigenvalue weighted by Crippen LogP contribution is -2.45. The standard InChI is InChI=1S/C35H64N4O9/c1-7-28(2)47-34(42)14-23-38(30-8-17-36(4)18-9-30)21-12-32(40)45-25-16-29(3)48-35(43)15-24-39(31-10-19-37(5)20-11-31)22-13-33(41)46-27-26-44-6/h28-31H,7-27H2,1-6H3. The average molecular weight is 685 g/mol. The largest absolute Gasteiger partial charge is 0.465 e. The summed E-state index contributed by atoms with van der Waals surface area (Å²) in [5.74, 6) is -1.09. The highest BCUT2D eigenvalue weighted by Gasteiger charge is 2.26. The number of hydrogen-bond acceptors (Lipinski definition) is 13. The van der Waals surface area contributed by atoms with Crippen molar-refractivity contribution in [3.8, 4) is 0 Å². The van der Waals surface area contributed by atoms with Crippen LogP contribution in [0.15, 0.2) is 0 Å². The van der Waals surface area contributed by atoms with Crippen LogP contribution in [0.25, 0.3) is 0 Å². The van der Waals surface area contributed by atoms with Crippen molar-refractivity contribution in [2.24, 2.45) is 0 Å². The molecule has 0 saturated carbocycles. The van der Waals surface area contributed by atoms with E-state index < -0.39 is 6.10 Å². The minimum Gasteiger partial charge on any atom is -0.465 e. The second-order valence-electron chi connectivity index (χ2n) is 13.4. The second kappa shape index (κ2) is 23.9. The number of carbonyl (C=O) groups is 4. The summed E-state index contributed by atoms with van der Waals surface area (Å²) in [7, 11) is 5.77. The molecule has 0 amide bonds. The summed E-state index contributed by atoms with van der Waals surface area (Å²) >= 11 is 0. The third kappa shape index (κ3) is 17.9. The lowest BCUT2D eigenvalue weighted by molar-refractivity contribution is -0.151. The highest BCUT2D eigenvalue weighted by Crippen LogP contribution is 2.18. The van der Waals surface area contributed by atoms with Gasteiger partial charge in [-0.2, -0.15) is 0 Å². The number of rotatable bonds is 23. The highest BCUT2D eigenvalue weighted by atomic mass is 16.6. The Morgan fingerprint density at radius 3 is 1.44 bits per heavy atom. The Hall–Kier alpha value is -2.32. The number of methoxy groups -OCH3 is 1. The molecule has 0 aliphatic carbocycles. The lowest BCUT2D eigenvalue weighted by atomic mass is 10.0. The molecule has 2 atom stereocenters. The quantitative estimate of drug-likeness (QED) is 0.0890. The van der Waals surface area contributed by atoms with E-state index in [-0.39, 0.29) is 62.5 Å². The first kappa shape index (κ1) is 41.8. The van der Waals surface area contributed by atoms with Crippen LogP contribution in [0.1, 0.15) is 85.0 Å². The molecule has 0 radical (unpaired) electrons. The third-order valence-corrected chi connectivity index (χ3v) is 9.40. The Labute approximate surface area is 288 Å². The Bertz CT molecular complexity index is 939. The molecule has 0 N–H and O–H groups in total. The monoisotopic (exact) mass is 684 g/mol. The molecule has 2 heterocycles. The van der Waals surface area contributed by atoms with Crippen LogP contribution in [0.4, 0.5) is 0 Å². The number of esters is 4. The van der Waals surface area contributed by atoms with E-state index in [4.69, 9.17) is 23.7 Å². The molecule has 2 rings (SSSR count). The van der Waals surface area contributed by atoms with Gasteiger partial charge in [0.05, 0.1) is 45.0 Å². The summed E-state index contributed by atoms with van der Waals surface area (Å²) < 4.78 is 26.7. The van der Waals surface area contributed by atoms with Crippen LogP contribution >= 0.6 is 0 Å². The summed E-state index contributed by atoms with van der Waals surface area (Å²) in [6.07, 6.45) is 5.63. The number of ether oxygens (including phenoxy) is 5. The molecule has 2 fully saturated rings. The molecule has 0 aromatic carbocycles. The normalized spacial score (nSPS) is 18.1. The maximum absolute atomic E-state index is 12.7. The molecule has 2 saturated heterocycles. The van der Waals surface area contributed by atoms with Crippen LogP contribution < -0.4 is 0 Å². The van der Waals surface area contributed by atoms with Crippen LogP contribution in [0.5, 0.6) is 0 Å². The lowest BCUT2D eigenvalue weighted by Gasteiger charge is -2.37. The van der Waals surface area contributed by atoms with Gasteiger partial charge in [-0.3, -0.25) is 29.0 Å². The van der Waals surface area contributed by atoms with E-state index in [9.17, 15) is 19.2 Å². The van der Waals surface area contributed by atoms with Crippen LogP contribution in [0.2, 0.25) is 0 Å². The van der Waals surface area contributed by atoms with Crippen LogP contribution in [0, 0.1) is 0 Å². The van der Waals surface area contributed by atoms with Gasteiger partial charge in [-0.1, -0.05) is 6.92 Å². The van der Waals surface area contributed by atoms with E-state index in [1.54, 1.807) is 14.0 Å². The molecule has 13 nitrogen and oxygen atoms in total. The molecule has 2 unspecified atom stereocenters. The van der Waals surface area contributed by atoms with E-state index >= 15 is 0 Å². The molecular formula is C35H64N4O9. The van der Waals surface area contributed by atoms with Gasteiger partial charge in [0.2, 0.25) is 0 Å². The molecule has 0 aromatic heterocycles. The van der Waals surface area contributed by atoms with Crippen molar-refractivity contribution < 1.29 is 42.9 Å². The van der Waals surface area contributed by atoms with Gasteiger partial charge in [-0.15, -0.1) is 0 Å².